The maximum atomic E-state index is 4.19. The highest BCUT2D eigenvalue weighted by Crippen LogP contribution is 2.11. The number of H-pyrrole nitrogens is 1. The first-order chi connectivity index (χ1) is 7.06. The number of aryl methyl sites for hydroxylation is 2. The monoisotopic (exact) mass is 209 g/mol. The molecule has 0 radical (unpaired) electrons. The lowest BCUT2D eigenvalue weighted by molar-refractivity contribution is 0.389. The van der Waals surface area contributed by atoms with Crippen LogP contribution in [0.5, 0.6) is 0 Å². The molecule has 3 heteroatoms. The Kier molecular flexibility index (Phi) is 4.33. The number of nitrogens with one attached hydrogen (secondary N) is 2. The predicted octanol–water partition coefficient (Wildman–Crippen LogP) is 2.55. The molecule has 0 aliphatic rings. The molecule has 0 aliphatic heterocycles. The van der Waals surface area contributed by atoms with Crippen LogP contribution in [0.3, 0.4) is 0 Å². The van der Waals surface area contributed by atoms with Gasteiger partial charge in [-0.3, -0.25) is 5.10 Å². The maximum absolute atomic E-state index is 4.19. The fraction of sp³-hybridized carbons (Fsp3) is 0.750. The Balaban J connectivity index is 2.50. The summed E-state index contributed by atoms with van der Waals surface area (Å²) >= 11 is 0. The molecular weight excluding hydrogens is 186 g/mol. The smallest absolute Gasteiger partial charge is 0.0638 e. The van der Waals surface area contributed by atoms with E-state index in [4.69, 9.17) is 0 Å². The average molecular weight is 209 g/mol. The summed E-state index contributed by atoms with van der Waals surface area (Å²) < 4.78 is 0. The van der Waals surface area contributed by atoms with Gasteiger partial charge in [0.25, 0.3) is 0 Å². The minimum atomic E-state index is 0.559. The first kappa shape index (κ1) is 12.2. The topological polar surface area (TPSA) is 40.7 Å². The first-order valence-corrected chi connectivity index (χ1v) is 5.80. The molecule has 2 atom stereocenters. The second kappa shape index (κ2) is 5.31. The summed E-state index contributed by atoms with van der Waals surface area (Å²) in [5.41, 5.74) is 3.60. The molecule has 86 valence electrons. The van der Waals surface area contributed by atoms with Crippen LogP contribution in [-0.2, 0) is 6.54 Å². The van der Waals surface area contributed by atoms with Crippen LogP contribution < -0.4 is 5.32 Å². The molecule has 1 rings (SSSR count). The number of rotatable bonds is 5. The van der Waals surface area contributed by atoms with Crippen LogP contribution >= 0.6 is 0 Å². The molecule has 1 aromatic heterocycles. The number of hydrogen-bond donors (Lipinski definition) is 2. The third-order valence-electron chi connectivity index (χ3n) is 3.38. The van der Waals surface area contributed by atoms with Crippen LogP contribution in [0.2, 0.25) is 0 Å². The molecule has 3 nitrogen and oxygen atoms in total. The van der Waals surface area contributed by atoms with Crippen molar-refractivity contribution in [1.29, 1.82) is 0 Å². The van der Waals surface area contributed by atoms with Crippen molar-refractivity contribution in [3.8, 4) is 0 Å². The normalized spacial score (nSPS) is 15.3. The molecule has 2 N–H and O–H groups in total. The van der Waals surface area contributed by atoms with E-state index in [1.807, 2.05) is 0 Å². The number of aromatic nitrogens is 2. The Morgan fingerprint density at radius 3 is 2.47 bits per heavy atom. The Bertz CT molecular complexity index is 284. The fourth-order valence-electron chi connectivity index (χ4n) is 1.65. The minimum Gasteiger partial charge on any atom is -0.310 e. The molecule has 0 saturated carbocycles. The third-order valence-corrected chi connectivity index (χ3v) is 3.38. The van der Waals surface area contributed by atoms with Gasteiger partial charge in [-0.2, -0.15) is 5.10 Å². The van der Waals surface area contributed by atoms with E-state index in [9.17, 15) is 0 Å². The quantitative estimate of drug-likeness (QED) is 0.782. The molecule has 0 amide bonds. The Morgan fingerprint density at radius 1 is 1.33 bits per heavy atom. The van der Waals surface area contributed by atoms with Crippen LogP contribution in [0.4, 0.5) is 0 Å². The molecule has 0 bridgehead atoms. The van der Waals surface area contributed by atoms with Gasteiger partial charge < -0.3 is 5.32 Å². The molecule has 2 unspecified atom stereocenters. The Hall–Kier alpha value is -0.830. The van der Waals surface area contributed by atoms with Crippen molar-refractivity contribution in [3.05, 3.63) is 17.0 Å². The third kappa shape index (κ3) is 3.06. The number of nitrogens with zero attached hydrogens (tertiary/aromatic N) is 1. The van der Waals surface area contributed by atoms with Crippen molar-refractivity contribution < 1.29 is 0 Å². The molecule has 15 heavy (non-hydrogen) atoms. The standard InChI is InChI=1S/C12H23N3/c1-6-8(2)9(3)13-7-12-10(4)14-15-11(12)5/h8-9,13H,6-7H2,1-5H3,(H,14,15). The summed E-state index contributed by atoms with van der Waals surface area (Å²) in [4.78, 5) is 0. The Labute approximate surface area is 92.7 Å². The lowest BCUT2D eigenvalue weighted by atomic mass is 10.0. The zero-order valence-corrected chi connectivity index (χ0v) is 10.5. The van der Waals surface area contributed by atoms with Crippen molar-refractivity contribution in [2.75, 3.05) is 0 Å². The van der Waals surface area contributed by atoms with Crippen molar-refractivity contribution in [2.24, 2.45) is 5.92 Å². The average Bonchev–Trinajstić information content (AvgIpc) is 2.54. The van der Waals surface area contributed by atoms with E-state index in [-0.39, 0.29) is 0 Å². The minimum absolute atomic E-state index is 0.559. The van der Waals surface area contributed by atoms with E-state index in [1.54, 1.807) is 0 Å². The van der Waals surface area contributed by atoms with Gasteiger partial charge in [-0.25, -0.2) is 0 Å². The van der Waals surface area contributed by atoms with E-state index in [1.165, 1.54) is 17.7 Å². The predicted molar refractivity (Wildman–Crippen MR) is 63.8 cm³/mol. The molecule has 0 spiro atoms. The SMILES string of the molecule is CCC(C)C(C)NCc1c(C)n[nH]c1C. The van der Waals surface area contributed by atoms with Gasteiger partial charge in [0.1, 0.15) is 0 Å². The lowest BCUT2D eigenvalue weighted by Crippen LogP contribution is -2.31. The fourth-order valence-corrected chi connectivity index (χ4v) is 1.65. The van der Waals surface area contributed by atoms with Gasteiger partial charge in [0.2, 0.25) is 0 Å². The Morgan fingerprint density at radius 2 is 2.00 bits per heavy atom. The van der Waals surface area contributed by atoms with Crippen molar-refractivity contribution >= 4 is 0 Å². The van der Waals surface area contributed by atoms with E-state index in [0.29, 0.717) is 6.04 Å². The van der Waals surface area contributed by atoms with Crippen LogP contribution in [0.25, 0.3) is 0 Å². The van der Waals surface area contributed by atoms with E-state index >= 15 is 0 Å². The van der Waals surface area contributed by atoms with Gasteiger partial charge in [0.15, 0.2) is 0 Å². The van der Waals surface area contributed by atoms with Gasteiger partial charge in [0.05, 0.1) is 5.69 Å². The highest BCUT2D eigenvalue weighted by molar-refractivity contribution is 5.22. The van der Waals surface area contributed by atoms with Crippen LogP contribution in [-0.4, -0.2) is 16.2 Å². The van der Waals surface area contributed by atoms with Crippen LogP contribution in [0, 0.1) is 19.8 Å². The van der Waals surface area contributed by atoms with Crippen LogP contribution in [0.1, 0.15) is 44.1 Å². The molecule has 0 saturated heterocycles. The van der Waals surface area contributed by atoms with Gasteiger partial charge in [-0.1, -0.05) is 20.3 Å². The second-order valence-electron chi connectivity index (χ2n) is 4.47. The summed E-state index contributed by atoms with van der Waals surface area (Å²) in [6, 6.07) is 0.559. The van der Waals surface area contributed by atoms with Gasteiger partial charge in [-0.05, 0) is 26.7 Å². The van der Waals surface area contributed by atoms with Crippen molar-refractivity contribution in [3.63, 3.8) is 0 Å². The molecular formula is C12H23N3. The van der Waals surface area contributed by atoms with E-state index < -0.39 is 0 Å². The summed E-state index contributed by atoms with van der Waals surface area (Å²) in [7, 11) is 0. The van der Waals surface area contributed by atoms with E-state index in [0.717, 1.165) is 18.2 Å². The van der Waals surface area contributed by atoms with Crippen molar-refractivity contribution in [2.45, 2.75) is 53.6 Å². The number of aromatic amines is 1. The summed E-state index contributed by atoms with van der Waals surface area (Å²) in [6.07, 6.45) is 1.22. The second-order valence-corrected chi connectivity index (χ2v) is 4.47. The number of hydrogen-bond acceptors (Lipinski definition) is 2. The molecule has 1 aromatic rings. The highest BCUT2D eigenvalue weighted by Gasteiger charge is 2.11. The van der Waals surface area contributed by atoms with Crippen molar-refractivity contribution in [1.82, 2.24) is 15.5 Å². The highest BCUT2D eigenvalue weighted by atomic mass is 15.1. The zero-order chi connectivity index (χ0) is 11.4. The first-order valence-electron chi connectivity index (χ1n) is 5.80. The van der Waals surface area contributed by atoms with Gasteiger partial charge in [-0.15, -0.1) is 0 Å². The van der Waals surface area contributed by atoms with Gasteiger partial charge in [0, 0.05) is 23.8 Å². The molecule has 0 fully saturated rings. The molecule has 0 aromatic carbocycles. The summed E-state index contributed by atoms with van der Waals surface area (Å²) in [6.45, 7) is 11.8. The molecule has 1 heterocycles. The summed E-state index contributed by atoms with van der Waals surface area (Å²) in [5.74, 6) is 0.720. The molecule has 0 aliphatic carbocycles. The largest absolute Gasteiger partial charge is 0.310 e. The van der Waals surface area contributed by atoms with Crippen LogP contribution in [0.15, 0.2) is 0 Å². The van der Waals surface area contributed by atoms with Gasteiger partial charge >= 0.3 is 0 Å². The summed E-state index contributed by atoms with van der Waals surface area (Å²) in [5, 5.41) is 10.8. The lowest BCUT2D eigenvalue weighted by Gasteiger charge is -2.19. The van der Waals surface area contributed by atoms with E-state index in [2.05, 4.69) is 50.1 Å². The zero-order valence-electron chi connectivity index (χ0n) is 10.5. The maximum Gasteiger partial charge on any atom is 0.0638 e.